The Hall–Kier alpha value is -0.520. The summed E-state index contributed by atoms with van der Waals surface area (Å²) in [7, 11) is 0. The fourth-order valence-corrected chi connectivity index (χ4v) is 0.867. The Morgan fingerprint density at radius 2 is 1.43 bits per heavy atom. The van der Waals surface area contributed by atoms with E-state index in [1.807, 2.05) is 13.8 Å². The van der Waals surface area contributed by atoms with Crippen LogP contribution in [0.4, 0.5) is 0 Å². The summed E-state index contributed by atoms with van der Waals surface area (Å²) >= 11 is 0. The van der Waals surface area contributed by atoms with Crippen molar-refractivity contribution >= 4 is 0 Å². The van der Waals surface area contributed by atoms with Crippen LogP contribution in [0.5, 0.6) is 0 Å². The number of hydrogen-bond donors (Lipinski definition) is 0. The quantitative estimate of drug-likeness (QED) is 0.506. The predicted octanol–water partition coefficient (Wildman–Crippen LogP) is 5.75. The summed E-state index contributed by atoms with van der Waals surface area (Å²) in [6.45, 7) is 18.5. The normalized spacial score (nSPS) is 9.21. The summed E-state index contributed by atoms with van der Waals surface area (Å²) < 4.78 is 0. The van der Waals surface area contributed by atoms with Crippen molar-refractivity contribution in [2.24, 2.45) is 0 Å². The zero-order valence-electron chi connectivity index (χ0n) is 11.4. The molecule has 0 aliphatic carbocycles. The Kier molecular flexibility index (Phi) is 25.0. The molecule has 0 N–H and O–H groups in total. The predicted molar refractivity (Wildman–Crippen MR) is 70.8 cm³/mol. The zero-order valence-corrected chi connectivity index (χ0v) is 11.4. The van der Waals surface area contributed by atoms with Crippen LogP contribution in [0, 0.1) is 0 Å². The maximum absolute atomic E-state index is 3.88. The van der Waals surface area contributed by atoms with Crippen LogP contribution in [-0.4, -0.2) is 0 Å². The first-order chi connectivity index (χ1) is 6.63. The molecule has 0 unspecified atom stereocenters. The summed E-state index contributed by atoms with van der Waals surface area (Å²) in [5, 5.41) is 0. The van der Waals surface area contributed by atoms with Gasteiger partial charge < -0.3 is 0 Å². The minimum atomic E-state index is 1.11. The first kappa shape index (κ1) is 19.1. The van der Waals surface area contributed by atoms with Gasteiger partial charge in [-0.3, -0.25) is 0 Å². The Morgan fingerprint density at radius 3 is 1.50 bits per heavy atom. The lowest BCUT2D eigenvalue weighted by molar-refractivity contribution is 1.07. The van der Waals surface area contributed by atoms with E-state index in [0.717, 1.165) is 12.8 Å². The van der Waals surface area contributed by atoms with Crippen LogP contribution in [0.3, 0.4) is 0 Å². The van der Waals surface area contributed by atoms with Gasteiger partial charge in [-0.25, -0.2) is 0 Å². The van der Waals surface area contributed by atoms with Crippen LogP contribution >= 0.6 is 0 Å². The maximum atomic E-state index is 3.88. The van der Waals surface area contributed by atoms with E-state index in [2.05, 4.69) is 47.3 Å². The second-order valence-corrected chi connectivity index (χ2v) is 2.98. The lowest BCUT2D eigenvalue weighted by Gasteiger charge is -2.00. The van der Waals surface area contributed by atoms with Gasteiger partial charge in [0, 0.05) is 0 Å². The average Bonchev–Trinajstić information content (AvgIpc) is 2.18. The molecule has 0 aromatic rings. The van der Waals surface area contributed by atoms with Crippen molar-refractivity contribution in [2.75, 3.05) is 0 Å². The van der Waals surface area contributed by atoms with Gasteiger partial charge in [0.1, 0.15) is 0 Å². The van der Waals surface area contributed by atoms with Gasteiger partial charge in [0.2, 0.25) is 0 Å². The van der Waals surface area contributed by atoms with E-state index in [1.54, 1.807) is 0 Å². The molecule has 0 heteroatoms. The third kappa shape index (κ3) is 17.5. The molecule has 0 aromatic heterocycles. The lowest BCUT2D eigenvalue weighted by Crippen LogP contribution is -1.79. The first-order valence-electron chi connectivity index (χ1n) is 5.98. The molecule has 0 saturated heterocycles. The highest BCUT2D eigenvalue weighted by atomic mass is 14.0. The van der Waals surface area contributed by atoms with Crippen LogP contribution in [-0.2, 0) is 0 Å². The van der Waals surface area contributed by atoms with E-state index in [4.69, 9.17) is 0 Å². The minimum Gasteiger partial charge on any atom is -0.0958 e. The second-order valence-electron chi connectivity index (χ2n) is 2.98. The van der Waals surface area contributed by atoms with Crippen molar-refractivity contribution in [1.82, 2.24) is 0 Å². The SMILES string of the molecule is C=C(C)/C(=C/CC)CC.CC.CCC. The van der Waals surface area contributed by atoms with Gasteiger partial charge in [0.25, 0.3) is 0 Å². The summed E-state index contributed by atoms with van der Waals surface area (Å²) in [6, 6.07) is 0. The van der Waals surface area contributed by atoms with Crippen molar-refractivity contribution < 1.29 is 0 Å². The minimum absolute atomic E-state index is 1.11. The van der Waals surface area contributed by atoms with E-state index in [0.29, 0.717) is 0 Å². The van der Waals surface area contributed by atoms with Gasteiger partial charge in [-0.05, 0) is 25.3 Å². The third-order valence-corrected chi connectivity index (χ3v) is 1.38. The molecule has 0 amide bonds. The lowest BCUT2D eigenvalue weighted by atomic mass is 10.1. The van der Waals surface area contributed by atoms with E-state index < -0.39 is 0 Å². The standard InChI is InChI=1S/C9H16.C3H8.C2H6/c1-5-7-9(6-2)8(3)4;1-3-2;1-2/h7H,3,5-6H2,1-2,4H3;3H2,1-2H3;1-2H3/b9-7+;;. The van der Waals surface area contributed by atoms with Crippen LogP contribution in [0.2, 0.25) is 0 Å². The molecule has 0 spiro atoms. The van der Waals surface area contributed by atoms with Crippen molar-refractivity contribution in [3.63, 3.8) is 0 Å². The summed E-state index contributed by atoms with van der Waals surface area (Å²) in [4.78, 5) is 0. The molecule has 0 aliphatic rings. The van der Waals surface area contributed by atoms with Gasteiger partial charge >= 0.3 is 0 Å². The molecule has 0 aliphatic heterocycles. The average molecular weight is 198 g/mol. The Balaban J connectivity index is -0.000000205. The number of hydrogen-bond acceptors (Lipinski definition) is 0. The monoisotopic (exact) mass is 198 g/mol. The van der Waals surface area contributed by atoms with Gasteiger partial charge in [-0.1, -0.05) is 66.2 Å². The van der Waals surface area contributed by atoms with Crippen molar-refractivity contribution in [2.45, 2.75) is 67.7 Å². The smallest absolute Gasteiger partial charge is 0.0308 e. The van der Waals surface area contributed by atoms with E-state index >= 15 is 0 Å². The largest absolute Gasteiger partial charge is 0.0958 e. The number of rotatable bonds is 3. The van der Waals surface area contributed by atoms with E-state index in [-0.39, 0.29) is 0 Å². The van der Waals surface area contributed by atoms with Crippen molar-refractivity contribution in [3.05, 3.63) is 23.8 Å². The highest BCUT2D eigenvalue weighted by Crippen LogP contribution is 2.10. The maximum Gasteiger partial charge on any atom is -0.0308 e. The van der Waals surface area contributed by atoms with Gasteiger partial charge in [0.15, 0.2) is 0 Å². The van der Waals surface area contributed by atoms with Crippen LogP contribution in [0.25, 0.3) is 0 Å². The molecule has 0 aromatic carbocycles. The molecule has 86 valence electrons. The molecule has 0 radical (unpaired) electrons. The van der Waals surface area contributed by atoms with Gasteiger partial charge in [-0.2, -0.15) is 0 Å². The van der Waals surface area contributed by atoms with Crippen LogP contribution in [0.15, 0.2) is 23.8 Å². The van der Waals surface area contributed by atoms with Crippen molar-refractivity contribution in [3.8, 4) is 0 Å². The topological polar surface area (TPSA) is 0 Å². The molecule has 14 heavy (non-hydrogen) atoms. The molecule has 0 fully saturated rings. The molecular formula is C14H30. The van der Waals surface area contributed by atoms with Crippen LogP contribution in [0.1, 0.15) is 67.7 Å². The molecule has 0 nitrogen and oxygen atoms in total. The second kappa shape index (κ2) is 18.3. The Bertz CT molecular complexity index is 129. The Morgan fingerprint density at radius 1 is 1.07 bits per heavy atom. The van der Waals surface area contributed by atoms with E-state index in [9.17, 15) is 0 Å². The zero-order chi connectivity index (χ0) is 12.0. The molecule has 0 heterocycles. The molecule has 0 atom stereocenters. The molecule has 0 saturated carbocycles. The van der Waals surface area contributed by atoms with Gasteiger partial charge in [0.05, 0.1) is 0 Å². The van der Waals surface area contributed by atoms with E-state index in [1.165, 1.54) is 17.6 Å². The molecule has 0 rings (SSSR count). The molecule has 0 bridgehead atoms. The van der Waals surface area contributed by atoms with Gasteiger partial charge in [-0.15, -0.1) is 0 Å². The summed E-state index contributed by atoms with van der Waals surface area (Å²) in [5.41, 5.74) is 2.61. The van der Waals surface area contributed by atoms with Crippen LogP contribution < -0.4 is 0 Å². The summed E-state index contributed by atoms with van der Waals surface area (Å²) in [6.07, 6.45) is 5.72. The molecular weight excluding hydrogens is 168 g/mol. The summed E-state index contributed by atoms with van der Waals surface area (Å²) in [5.74, 6) is 0. The third-order valence-electron chi connectivity index (χ3n) is 1.38. The first-order valence-corrected chi connectivity index (χ1v) is 5.98. The highest BCUT2D eigenvalue weighted by molar-refractivity contribution is 5.25. The number of allylic oxidation sites excluding steroid dienone is 3. The fourth-order valence-electron chi connectivity index (χ4n) is 0.867. The highest BCUT2D eigenvalue weighted by Gasteiger charge is 1.90. The van der Waals surface area contributed by atoms with Crippen molar-refractivity contribution in [1.29, 1.82) is 0 Å². The Labute approximate surface area is 92.1 Å². The fraction of sp³-hybridized carbons (Fsp3) is 0.714.